The minimum Gasteiger partial charge on any atom is -0.360 e. The van der Waals surface area contributed by atoms with Crippen LogP contribution in [0.5, 0.6) is 0 Å². The van der Waals surface area contributed by atoms with E-state index in [1.54, 1.807) is 0 Å². The maximum Gasteiger partial charge on any atom is 0.0791 e. The van der Waals surface area contributed by atoms with Crippen molar-refractivity contribution in [3.8, 4) is 12.3 Å². The van der Waals surface area contributed by atoms with Crippen LogP contribution in [0.2, 0.25) is 0 Å². The van der Waals surface area contributed by atoms with E-state index in [9.17, 15) is 0 Å². The smallest absolute Gasteiger partial charge is 0.0791 e. The van der Waals surface area contributed by atoms with Crippen LogP contribution in [0.1, 0.15) is 31.0 Å². The fraction of sp³-hybridized carbons (Fsp3) is 0.562. The standard InChI is InChI=1S/C16H23N3/c1-4-8-19(12-14-6-7-14)16-9-13(3)18-11-15(16)10-17-5-2/h1,9,11,14,17H,5-8,10,12H2,2-3H3. The molecule has 3 nitrogen and oxygen atoms in total. The van der Waals surface area contributed by atoms with Gasteiger partial charge in [0.15, 0.2) is 0 Å². The first-order valence-corrected chi connectivity index (χ1v) is 7.09. The Kier molecular flexibility index (Phi) is 4.81. The van der Waals surface area contributed by atoms with Crippen LogP contribution in [-0.2, 0) is 6.54 Å². The van der Waals surface area contributed by atoms with Gasteiger partial charge in [0.05, 0.1) is 6.54 Å². The summed E-state index contributed by atoms with van der Waals surface area (Å²) in [7, 11) is 0. The molecule has 0 aliphatic heterocycles. The third-order valence-electron chi connectivity index (χ3n) is 3.46. The van der Waals surface area contributed by atoms with Gasteiger partial charge in [0, 0.05) is 36.2 Å². The lowest BCUT2D eigenvalue weighted by Crippen LogP contribution is -2.28. The van der Waals surface area contributed by atoms with Gasteiger partial charge in [-0.15, -0.1) is 6.42 Å². The summed E-state index contributed by atoms with van der Waals surface area (Å²) in [6, 6.07) is 2.16. The quantitative estimate of drug-likeness (QED) is 0.760. The first-order valence-electron chi connectivity index (χ1n) is 7.09. The normalized spacial score (nSPS) is 14.2. The van der Waals surface area contributed by atoms with Crippen LogP contribution in [0.25, 0.3) is 0 Å². The molecule has 0 spiro atoms. The molecular weight excluding hydrogens is 234 g/mol. The monoisotopic (exact) mass is 257 g/mol. The van der Waals surface area contributed by atoms with Crippen molar-refractivity contribution in [2.75, 3.05) is 24.5 Å². The fourth-order valence-corrected chi connectivity index (χ4v) is 2.23. The van der Waals surface area contributed by atoms with Crippen molar-refractivity contribution in [1.29, 1.82) is 0 Å². The molecule has 1 saturated carbocycles. The maximum absolute atomic E-state index is 5.53. The molecule has 1 aliphatic rings. The molecule has 0 amide bonds. The van der Waals surface area contributed by atoms with Gasteiger partial charge in [-0.05, 0) is 38.3 Å². The Bertz CT molecular complexity index is 458. The number of terminal acetylenes is 1. The van der Waals surface area contributed by atoms with Gasteiger partial charge in [0.2, 0.25) is 0 Å². The van der Waals surface area contributed by atoms with Gasteiger partial charge in [-0.1, -0.05) is 12.8 Å². The lowest BCUT2D eigenvalue weighted by molar-refractivity contribution is 0.710. The van der Waals surface area contributed by atoms with E-state index < -0.39 is 0 Å². The zero-order valence-electron chi connectivity index (χ0n) is 11.9. The molecule has 102 valence electrons. The highest BCUT2D eigenvalue weighted by atomic mass is 15.1. The molecule has 0 radical (unpaired) electrons. The Balaban J connectivity index is 2.21. The number of anilines is 1. The second-order valence-corrected chi connectivity index (χ2v) is 5.26. The van der Waals surface area contributed by atoms with Crippen molar-refractivity contribution in [1.82, 2.24) is 10.3 Å². The summed E-state index contributed by atoms with van der Waals surface area (Å²) in [5.41, 5.74) is 3.54. The van der Waals surface area contributed by atoms with Crippen molar-refractivity contribution in [2.24, 2.45) is 5.92 Å². The van der Waals surface area contributed by atoms with Crippen LogP contribution in [-0.4, -0.2) is 24.6 Å². The van der Waals surface area contributed by atoms with Gasteiger partial charge in [-0.2, -0.15) is 0 Å². The number of hydrogen-bond acceptors (Lipinski definition) is 3. The Morgan fingerprint density at radius 3 is 2.95 bits per heavy atom. The van der Waals surface area contributed by atoms with E-state index in [2.05, 4.69) is 34.1 Å². The predicted molar refractivity (Wildman–Crippen MR) is 80.1 cm³/mol. The number of hydrogen-bond donors (Lipinski definition) is 1. The summed E-state index contributed by atoms with van der Waals surface area (Å²) >= 11 is 0. The lowest BCUT2D eigenvalue weighted by Gasteiger charge is -2.25. The molecule has 2 rings (SSSR count). The predicted octanol–water partition coefficient (Wildman–Crippen LogP) is 2.35. The molecule has 0 aromatic carbocycles. The minimum atomic E-state index is 0.680. The second kappa shape index (κ2) is 6.58. The van der Waals surface area contributed by atoms with E-state index in [-0.39, 0.29) is 0 Å². The van der Waals surface area contributed by atoms with E-state index in [0.29, 0.717) is 6.54 Å². The highest BCUT2D eigenvalue weighted by molar-refractivity contribution is 5.54. The summed E-state index contributed by atoms with van der Waals surface area (Å²) in [5.74, 6) is 3.61. The van der Waals surface area contributed by atoms with Crippen LogP contribution >= 0.6 is 0 Å². The average Bonchev–Trinajstić information content (AvgIpc) is 3.21. The number of rotatable bonds is 7. The Hall–Kier alpha value is -1.53. The Morgan fingerprint density at radius 1 is 1.53 bits per heavy atom. The zero-order chi connectivity index (χ0) is 13.7. The van der Waals surface area contributed by atoms with Crippen molar-refractivity contribution in [3.05, 3.63) is 23.5 Å². The Labute approximate surface area is 116 Å². The molecule has 0 atom stereocenters. The van der Waals surface area contributed by atoms with Gasteiger partial charge in [0.1, 0.15) is 0 Å². The number of aryl methyl sites for hydroxylation is 1. The summed E-state index contributed by atoms with van der Waals surface area (Å²) in [6.07, 6.45) is 10.2. The molecule has 19 heavy (non-hydrogen) atoms. The van der Waals surface area contributed by atoms with Crippen LogP contribution in [0.15, 0.2) is 12.3 Å². The molecule has 1 aromatic heterocycles. The third-order valence-corrected chi connectivity index (χ3v) is 3.46. The molecule has 1 aromatic rings. The van der Waals surface area contributed by atoms with Crippen molar-refractivity contribution < 1.29 is 0 Å². The second-order valence-electron chi connectivity index (χ2n) is 5.26. The minimum absolute atomic E-state index is 0.680. The molecule has 1 fully saturated rings. The van der Waals surface area contributed by atoms with E-state index in [1.165, 1.54) is 24.1 Å². The molecule has 1 N–H and O–H groups in total. The first-order chi connectivity index (χ1) is 9.24. The molecule has 3 heteroatoms. The number of nitrogens with one attached hydrogen (secondary N) is 1. The van der Waals surface area contributed by atoms with Crippen molar-refractivity contribution in [2.45, 2.75) is 33.2 Å². The Morgan fingerprint density at radius 2 is 2.32 bits per heavy atom. The SMILES string of the molecule is C#CCN(CC1CC1)c1cc(C)ncc1CNCC. The third kappa shape index (κ3) is 3.97. The molecule has 0 saturated heterocycles. The zero-order valence-corrected chi connectivity index (χ0v) is 11.9. The highest BCUT2D eigenvalue weighted by Crippen LogP contribution is 2.32. The molecule has 1 heterocycles. The highest BCUT2D eigenvalue weighted by Gasteiger charge is 2.25. The average molecular weight is 257 g/mol. The van der Waals surface area contributed by atoms with Crippen molar-refractivity contribution >= 4 is 5.69 Å². The summed E-state index contributed by atoms with van der Waals surface area (Å²) in [5, 5.41) is 3.37. The van der Waals surface area contributed by atoms with Crippen LogP contribution in [0.4, 0.5) is 5.69 Å². The van der Waals surface area contributed by atoms with Gasteiger partial charge >= 0.3 is 0 Å². The van der Waals surface area contributed by atoms with Crippen LogP contribution < -0.4 is 10.2 Å². The fourth-order valence-electron chi connectivity index (χ4n) is 2.23. The molecule has 0 unspecified atom stereocenters. The van der Waals surface area contributed by atoms with E-state index in [1.807, 2.05) is 13.1 Å². The lowest BCUT2D eigenvalue weighted by atomic mass is 10.1. The summed E-state index contributed by atoms with van der Waals surface area (Å²) in [4.78, 5) is 6.74. The first kappa shape index (κ1) is 13.9. The van der Waals surface area contributed by atoms with Crippen LogP contribution in [0, 0.1) is 25.2 Å². The van der Waals surface area contributed by atoms with Gasteiger partial charge in [0.25, 0.3) is 0 Å². The van der Waals surface area contributed by atoms with Crippen LogP contribution in [0.3, 0.4) is 0 Å². The molecule has 0 bridgehead atoms. The van der Waals surface area contributed by atoms with Crippen molar-refractivity contribution in [3.63, 3.8) is 0 Å². The van der Waals surface area contributed by atoms with E-state index in [4.69, 9.17) is 6.42 Å². The maximum atomic E-state index is 5.53. The van der Waals surface area contributed by atoms with Gasteiger partial charge < -0.3 is 10.2 Å². The van der Waals surface area contributed by atoms with Gasteiger partial charge in [-0.25, -0.2) is 0 Å². The van der Waals surface area contributed by atoms with Gasteiger partial charge in [-0.3, -0.25) is 4.98 Å². The number of nitrogens with zero attached hydrogens (tertiary/aromatic N) is 2. The largest absolute Gasteiger partial charge is 0.360 e. The number of pyridine rings is 1. The summed E-state index contributed by atoms with van der Waals surface area (Å²) < 4.78 is 0. The summed E-state index contributed by atoms with van der Waals surface area (Å²) in [6.45, 7) is 7.72. The topological polar surface area (TPSA) is 28.2 Å². The molecule has 1 aliphatic carbocycles. The van der Waals surface area contributed by atoms with E-state index in [0.717, 1.165) is 31.2 Å². The van der Waals surface area contributed by atoms with E-state index >= 15 is 0 Å². The number of aromatic nitrogens is 1. The molecular formula is C16H23N3.